The number of unbranched alkanes of at least 4 members (excludes halogenated alkanes) is 1. The highest BCUT2D eigenvalue weighted by Gasteiger charge is 2.42. The molecule has 48 heavy (non-hydrogen) atoms. The molecule has 13 nitrogen and oxygen atoms in total. The highest BCUT2D eigenvalue weighted by Crippen LogP contribution is 2.40. The number of hydrogen-bond acceptors (Lipinski definition) is 10. The van der Waals surface area contributed by atoms with Gasteiger partial charge in [-0.25, -0.2) is 4.79 Å². The van der Waals surface area contributed by atoms with Gasteiger partial charge < -0.3 is 35.2 Å². The molecule has 5 atom stereocenters. The van der Waals surface area contributed by atoms with Crippen LogP contribution in [0.5, 0.6) is 11.5 Å². The van der Waals surface area contributed by atoms with Crippen molar-refractivity contribution in [3.05, 3.63) is 68.6 Å². The summed E-state index contributed by atoms with van der Waals surface area (Å²) in [5, 5.41) is 42.6. The first-order chi connectivity index (χ1) is 22.5. The topological polar surface area (TPSA) is 202 Å². The van der Waals surface area contributed by atoms with Crippen molar-refractivity contribution in [2.45, 2.75) is 76.4 Å². The monoisotopic (exact) mass is 676 g/mol. The number of halogens is 3. The van der Waals surface area contributed by atoms with Crippen molar-refractivity contribution in [3.63, 3.8) is 0 Å². The lowest BCUT2D eigenvalue weighted by Gasteiger charge is -2.35. The molecule has 1 saturated heterocycles. The van der Waals surface area contributed by atoms with Crippen LogP contribution < -0.4 is 15.6 Å². The average molecular weight is 677 g/mol. The molecule has 1 fully saturated rings. The number of carboxylic acids is 1. The van der Waals surface area contributed by atoms with Gasteiger partial charge in [0.1, 0.15) is 29.3 Å². The number of benzene rings is 2. The van der Waals surface area contributed by atoms with Crippen molar-refractivity contribution in [2.75, 3.05) is 6.54 Å². The Hall–Kier alpha value is -4.80. The number of nitrogens with one attached hydrogen (secondary N) is 1. The molecule has 2 heterocycles. The summed E-state index contributed by atoms with van der Waals surface area (Å²) in [5.41, 5.74) is -2.24. The van der Waals surface area contributed by atoms with Crippen molar-refractivity contribution < 1.29 is 62.2 Å². The van der Waals surface area contributed by atoms with Gasteiger partial charge in [-0.05, 0) is 56.9 Å². The summed E-state index contributed by atoms with van der Waals surface area (Å²) in [4.78, 5) is 66.4. The molecule has 0 saturated carbocycles. The summed E-state index contributed by atoms with van der Waals surface area (Å²) < 4.78 is 49.8. The van der Waals surface area contributed by atoms with Gasteiger partial charge in [0, 0.05) is 23.9 Å². The van der Waals surface area contributed by atoms with Crippen LogP contribution in [0.2, 0.25) is 0 Å². The fraction of sp³-hybridized carbons (Fsp3) is 0.406. The van der Waals surface area contributed by atoms with Crippen molar-refractivity contribution in [1.29, 1.82) is 0 Å². The van der Waals surface area contributed by atoms with Crippen LogP contribution in [0.4, 0.5) is 13.2 Å². The van der Waals surface area contributed by atoms with Crippen LogP contribution >= 0.6 is 0 Å². The Morgan fingerprint density at radius 3 is 2.46 bits per heavy atom. The summed E-state index contributed by atoms with van der Waals surface area (Å²) in [6.45, 7) is 2.58. The molecule has 5 rings (SSSR count). The van der Waals surface area contributed by atoms with E-state index in [1.54, 1.807) is 12.2 Å². The standard InChI is InChI=1S/C32H31F3N2O11/c1-13-10-16-22(18(38)11-13)24-25(37(29(16)43)17(30(44)45)7-3-4-9-36-31(46)32(33,34)35)28(42)23-15(27(24)41)6-5-8-20(23)48-21-12-19(39)26(40)14(2)47-21/h5-6,8,10-11,14,17,19,21,26,38-40H,3-4,7,9,12H2,1-2H3,(H,36,46)(H,44,45)/t14?,17-,19-,21-,26-/m0/s1. The summed E-state index contributed by atoms with van der Waals surface area (Å²) in [6, 6.07) is 4.83. The number of aliphatic hydroxyl groups excluding tert-OH is 2. The molecule has 3 aromatic rings. The predicted molar refractivity (Wildman–Crippen MR) is 159 cm³/mol. The maximum absolute atomic E-state index is 14.4. The molecule has 5 N–H and O–H groups in total. The van der Waals surface area contributed by atoms with Gasteiger partial charge >= 0.3 is 18.1 Å². The van der Waals surface area contributed by atoms with Crippen LogP contribution in [0.25, 0.3) is 10.8 Å². The first-order valence-electron chi connectivity index (χ1n) is 14.9. The number of pyridine rings is 1. The number of alkyl halides is 3. The van der Waals surface area contributed by atoms with Gasteiger partial charge in [0.25, 0.3) is 5.56 Å². The van der Waals surface area contributed by atoms with E-state index in [1.165, 1.54) is 37.3 Å². The van der Waals surface area contributed by atoms with Crippen LogP contribution in [0, 0.1) is 6.92 Å². The molecule has 1 aliphatic heterocycles. The van der Waals surface area contributed by atoms with Crippen molar-refractivity contribution in [2.24, 2.45) is 0 Å². The molecule has 16 heteroatoms. The van der Waals surface area contributed by atoms with Gasteiger partial charge in [0.15, 0.2) is 5.78 Å². The Morgan fingerprint density at radius 1 is 1.10 bits per heavy atom. The number of aliphatic hydroxyl groups is 2. The Balaban J connectivity index is 1.61. The van der Waals surface area contributed by atoms with Gasteiger partial charge in [-0.2, -0.15) is 13.2 Å². The summed E-state index contributed by atoms with van der Waals surface area (Å²) >= 11 is 0. The van der Waals surface area contributed by atoms with Crippen molar-refractivity contribution in [1.82, 2.24) is 9.88 Å². The molecule has 1 aliphatic carbocycles. The lowest BCUT2D eigenvalue weighted by molar-refractivity contribution is -0.216. The molecule has 1 amide bonds. The lowest BCUT2D eigenvalue weighted by Crippen LogP contribution is -2.48. The normalized spacial score (nSPS) is 21.4. The number of rotatable bonds is 9. The molecule has 1 aromatic heterocycles. The minimum atomic E-state index is -5.11. The van der Waals surface area contributed by atoms with Gasteiger partial charge in [-0.15, -0.1) is 0 Å². The van der Waals surface area contributed by atoms with E-state index in [0.29, 0.717) is 10.1 Å². The van der Waals surface area contributed by atoms with Gasteiger partial charge in [0.05, 0.1) is 28.7 Å². The maximum atomic E-state index is 14.4. The maximum Gasteiger partial charge on any atom is 0.471 e. The number of ketones is 2. The predicted octanol–water partition coefficient (Wildman–Crippen LogP) is 2.50. The molecule has 0 spiro atoms. The number of phenols is 1. The molecular weight excluding hydrogens is 645 g/mol. The van der Waals surface area contributed by atoms with Gasteiger partial charge in [-0.1, -0.05) is 12.1 Å². The number of amides is 1. The van der Waals surface area contributed by atoms with Crippen molar-refractivity contribution >= 4 is 34.2 Å². The van der Waals surface area contributed by atoms with Gasteiger partial charge in [0.2, 0.25) is 12.1 Å². The quantitative estimate of drug-likeness (QED) is 0.163. The second-order valence-electron chi connectivity index (χ2n) is 11.7. The zero-order valence-corrected chi connectivity index (χ0v) is 25.5. The van der Waals surface area contributed by atoms with E-state index >= 15 is 0 Å². The van der Waals surface area contributed by atoms with E-state index in [1.807, 2.05) is 0 Å². The lowest BCUT2D eigenvalue weighted by atomic mass is 9.83. The number of carbonyl (C=O) groups is 4. The van der Waals surface area contributed by atoms with Crippen LogP contribution in [-0.2, 0) is 14.3 Å². The second kappa shape index (κ2) is 13.0. The smallest absolute Gasteiger partial charge is 0.471 e. The minimum absolute atomic E-state index is 0.119. The van der Waals surface area contributed by atoms with Crippen LogP contribution in [0.15, 0.2) is 35.1 Å². The number of aliphatic carboxylic acids is 1. The minimum Gasteiger partial charge on any atom is -0.507 e. The molecular formula is C32H31F3N2O11. The number of fused-ring (bicyclic) bond motifs is 4. The first kappa shape index (κ1) is 34.5. The third-order valence-electron chi connectivity index (χ3n) is 8.36. The molecule has 0 bridgehead atoms. The fourth-order valence-corrected chi connectivity index (χ4v) is 6.09. The Kier molecular flexibility index (Phi) is 9.36. The number of nitrogens with zero attached hydrogens (tertiary/aromatic N) is 1. The average Bonchev–Trinajstić information content (AvgIpc) is 3.00. The number of aromatic hydroxyl groups is 1. The Bertz CT molecular complexity index is 1880. The SMILES string of the molecule is Cc1cc(O)c2c3c(n([C@@H](CCCCNC(=O)C(F)(F)F)C(=O)O)c(=O)c2c1)C(=O)c1c(O[C@H]2C[C@H](O)[C@@H](O)C(C)O2)cccc1C3=O. The molecule has 1 unspecified atom stereocenters. The largest absolute Gasteiger partial charge is 0.507 e. The zero-order chi connectivity index (χ0) is 35.2. The number of hydrogen-bond donors (Lipinski definition) is 5. The van der Waals surface area contributed by atoms with Crippen LogP contribution in [0.3, 0.4) is 0 Å². The molecule has 2 aromatic carbocycles. The number of carboxylic acid groups (broad SMARTS) is 1. The summed E-state index contributed by atoms with van der Waals surface area (Å²) in [6.07, 6.45) is -10.4. The molecule has 2 aliphatic rings. The van der Waals surface area contributed by atoms with Crippen molar-refractivity contribution in [3.8, 4) is 11.5 Å². The van der Waals surface area contributed by atoms with E-state index < -0.39 is 95.8 Å². The zero-order valence-electron chi connectivity index (χ0n) is 25.5. The van der Waals surface area contributed by atoms with E-state index in [9.17, 15) is 57.6 Å². The third-order valence-corrected chi connectivity index (χ3v) is 8.36. The fourth-order valence-electron chi connectivity index (χ4n) is 6.09. The molecule has 256 valence electrons. The Labute approximate surface area is 269 Å². The number of aryl methyl sites for hydroxylation is 1. The summed E-state index contributed by atoms with van der Waals surface area (Å²) in [7, 11) is 0. The highest BCUT2D eigenvalue weighted by molar-refractivity contribution is 6.32. The summed E-state index contributed by atoms with van der Waals surface area (Å²) in [5.74, 6) is -6.31. The second-order valence-corrected chi connectivity index (χ2v) is 11.7. The third kappa shape index (κ3) is 6.25. The number of aromatic nitrogens is 1. The van der Waals surface area contributed by atoms with Gasteiger partial charge in [-0.3, -0.25) is 23.7 Å². The number of phenolic OH excluding ortho intramolecular Hbond substituents is 1. The van der Waals surface area contributed by atoms with Crippen LogP contribution in [-0.4, -0.2) is 85.8 Å². The number of carbonyl (C=O) groups excluding carboxylic acids is 3. The van der Waals surface area contributed by atoms with Crippen LogP contribution in [0.1, 0.15) is 76.2 Å². The molecule has 0 radical (unpaired) electrons. The van der Waals surface area contributed by atoms with E-state index in [2.05, 4.69) is 0 Å². The Morgan fingerprint density at radius 2 is 1.81 bits per heavy atom. The van der Waals surface area contributed by atoms with E-state index in [4.69, 9.17) is 9.47 Å². The first-order valence-corrected chi connectivity index (χ1v) is 14.9. The number of ether oxygens (including phenoxy) is 2. The highest BCUT2D eigenvalue weighted by atomic mass is 19.4. The van der Waals surface area contributed by atoms with E-state index in [0.717, 1.165) is 0 Å². The van der Waals surface area contributed by atoms with E-state index in [-0.39, 0.29) is 46.9 Å².